The van der Waals surface area contributed by atoms with Gasteiger partial charge < -0.3 is 20.9 Å². The van der Waals surface area contributed by atoms with Crippen molar-refractivity contribution in [3.05, 3.63) is 29.8 Å². The molecule has 7 heteroatoms. The number of nitrogens with two attached hydrogens (primary N) is 1. The second-order valence-corrected chi connectivity index (χ2v) is 4.79. The summed E-state index contributed by atoms with van der Waals surface area (Å²) in [6, 6.07) is 5.65. The summed E-state index contributed by atoms with van der Waals surface area (Å²) in [6.45, 7) is 5.05. The van der Waals surface area contributed by atoms with Crippen molar-refractivity contribution in [3.8, 4) is 0 Å². The highest BCUT2D eigenvalue weighted by Crippen LogP contribution is 2.11. The number of amides is 4. The third-order valence-electron chi connectivity index (χ3n) is 3.23. The highest BCUT2D eigenvalue weighted by molar-refractivity contribution is 5.97. The molecule has 120 valence electrons. The lowest BCUT2D eigenvalue weighted by atomic mass is 10.2. The van der Waals surface area contributed by atoms with Gasteiger partial charge in [-0.1, -0.05) is 0 Å². The molecule has 0 saturated carbocycles. The molecule has 7 nitrogen and oxygen atoms in total. The average molecular weight is 306 g/mol. The van der Waals surface area contributed by atoms with Crippen LogP contribution in [0.1, 0.15) is 24.2 Å². The predicted molar refractivity (Wildman–Crippen MR) is 84.5 cm³/mol. The summed E-state index contributed by atoms with van der Waals surface area (Å²) < 4.78 is 0. The van der Waals surface area contributed by atoms with Gasteiger partial charge in [0.15, 0.2) is 0 Å². The van der Waals surface area contributed by atoms with Crippen LogP contribution in [0, 0.1) is 0 Å². The zero-order valence-corrected chi connectivity index (χ0v) is 13.1. The van der Waals surface area contributed by atoms with E-state index in [1.165, 1.54) is 4.90 Å². The highest BCUT2D eigenvalue weighted by Gasteiger charge is 2.17. The standard InChI is InChI=1S/C15H22N4O3/c1-4-19(5-2)13(20)10-18(3)14(21)11-6-8-12(9-7-11)17-15(16)22/h6-9H,4-5,10H2,1-3H3,(H3,16,17,22). The number of carbonyl (C=O) groups is 3. The van der Waals surface area contributed by atoms with Crippen LogP contribution in [0.3, 0.4) is 0 Å². The topological polar surface area (TPSA) is 95.7 Å². The van der Waals surface area contributed by atoms with Gasteiger partial charge in [-0.3, -0.25) is 9.59 Å². The minimum atomic E-state index is -0.666. The zero-order valence-electron chi connectivity index (χ0n) is 13.1. The molecule has 0 atom stereocenters. The molecule has 1 rings (SSSR count). The Hall–Kier alpha value is -2.57. The number of urea groups is 1. The van der Waals surface area contributed by atoms with Gasteiger partial charge in [0.2, 0.25) is 5.91 Å². The summed E-state index contributed by atoms with van der Waals surface area (Å²) >= 11 is 0. The van der Waals surface area contributed by atoms with Crippen LogP contribution >= 0.6 is 0 Å². The van der Waals surface area contributed by atoms with Crippen LogP contribution in [-0.4, -0.2) is 54.3 Å². The molecule has 4 amide bonds. The van der Waals surface area contributed by atoms with Crippen LogP contribution < -0.4 is 11.1 Å². The van der Waals surface area contributed by atoms with E-state index >= 15 is 0 Å². The van der Waals surface area contributed by atoms with Crippen molar-refractivity contribution in [1.29, 1.82) is 0 Å². The van der Waals surface area contributed by atoms with Gasteiger partial charge in [0.25, 0.3) is 5.91 Å². The maximum Gasteiger partial charge on any atom is 0.316 e. The first-order chi connectivity index (χ1) is 10.4. The van der Waals surface area contributed by atoms with Crippen molar-refractivity contribution in [3.63, 3.8) is 0 Å². The van der Waals surface area contributed by atoms with Crippen LogP contribution in [0.15, 0.2) is 24.3 Å². The van der Waals surface area contributed by atoms with Gasteiger partial charge in [-0.25, -0.2) is 4.79 Å². The molecule has 0 aromatic heterocycles. The van der Waals surface area contributed by atoms with Gasteiger partial charge >= 0.3 is 6.03 Å². The number of hydrogen-bond acceptors (Lipinski definition) is 3. The first-order valence-electron chi connectivity index (χ1n) is 7.08. The van der Waals surface area contributed by atoms with Crippen LogP contribution in [0.4, 0.5) is 10.5 Å². The number of primary amides is 1. The lowest BCUT2D eigenvalue weighted by Crippen LogP contribution is -2.41. The first-order valence-corrected chi connectivity index (χ1v) is 7.08. The number of nitrogens with zero attached hydrogens (tertiary/aromatic N) is 2. The number of hydrogen-bond donors (Lipinski definition) is 2. The number of carbonyl (C=O) groups excluding carboxylic acids is 3. The fourth-order valence-electron chi connectivity index (χ4n) is 2.01. The monoisotopic (exact) mass is 306 g/mol. The second-order valence-electron chi connectivity index (χ2n) is 4.79. The molecule has 1 aromatic carbocycles. The molecule has 0 bridgehead atoms. The van der Waals surface area contributed by atoms with Crippen LogP contribution in [0.5, 0.6) is 0 Å². The molecule has 0 aliphatic rings. The van der Waals surface area contributed by atoms with E-state index in [-0.39, 0.29) is 18.4 Å². The fraction of sp³-hybridized carbons (Fsp3) is 0.400. The Morgan fingerprint density at radius 1 is 1.09 bits per heavy atom. The third-order valence-corrected chi connectivity index (χ3v) is 3.23. The van der Waals surface area contributed by atoms with Gasteiger partial charge in [-0.2, -0.15) is 0 Å². The van der Waals surface area contributed by atoms with E-state index in [4.69, 9.17) is 5.73 Å². The van der Waals surface area contributed by atoms with Crippen molar-refractivity contribution in [1.82, 2.24) is 9.80 Å². The Morgan fingerprint density at radius 2 is 1.64 bits per heavy atom. The Morgan fingerprint density at radius 3 is 2.09 bits per heavy atom. The van der Waals surface area contributed by atoms with E-state index < -0.39 is 6.03 Å². The van der Waals surface area contributed by atoms with E-state index in [0.717, 1.165) is 0 Å². The molecule has 0 spiro atoms. The maximum absolute atomic E-state index is 12.3. The molecule has 0 heterocycles. The highest BCUT2D eigenvalue weighted by atomic mass is 16.2. The molecule has 1 aromatic rings. The molecule has 0 unspecified atom stereocenters. The molecule has 0 saturated heterocycles. The number of nitrogens with one attached hydrogen (secondary N) is 1. The minimum absolute atomic E-state index is 0.0296. The van der Waals surface area contributed by atoms with Gasteiger partial charge in [-0.15, -0.1) is 0 Å². The zero-order chi connectivity index (χ0) is 16.7. The van der Waals surface area contributed by atoms with E-state index in [0.29, 0.717) is 24.3 Å². The molecule has 3 N–H and O–H groups in total. The lowest BCUT2D eigenvalue weighted by molar-refractivity contribution is -0.131. The van der Waals surface area contributed by atoms with Gasteiger partial charge in [0, 0.05) is 31.4 Å². The van der Waals surface area contributed by atoms with Crippen molar-refractivity contribution in [2.45, 2.75) is 13.8 Å². The molecular weight excluding hydrogens is 284 g/mol. The smallest absolute Gasteiger partial charge is 0.316 e. The van der Waals surface area contributed by atoms with E-state index in [2.05, 4.69) is 5.32 Å². The van der Waals surface area contributed by atoms with Gasteiger partial charge in [0.1, 0.15) is 0 Å². The average Bonchev–Trinajstić information content (AvgIpc) is 2.47. The van der Waals surface area contributed by atoms with Crippen molar-refractivity contribution in [2.75, 3.05) is 32.0 Å². The third kappa shape index (κ3) is 4.76. The van der Waals surface area contributed by atoms with Crippen molar-refractivity contribution in [2.24, 2.45) is 5.73 Å². The largest absolute Gasteiger partial charge is 0.351 e. The second kappa shape index (κ2) is 8.02. The molecule has 22 heavy (non-hydrogen) atoms. The molecule has 0 aliphatic heterocycles. The maximum atomic E-state index is 12.3. The molecule has 0 radical (unpaired) electrons. The van der Waals surface area contributed by atoms with E-state index in [1.54, 1.807) is 36.2 Å². The summed E-state index contributed by atoms with van der Waals surface area (Å²) in [6.07, 6.45) is 0. The van der Waals surface area contributed by atoms with Crippen molar-refractivity contribution >= 4 is 23.5 Å². The Balaban J connectivity index is 2.70. The normalized spacial score (nSPS) is 9.95. The Bertz CT molecular complexity index is 538. The number of anilines is 1. The SMILES string of the molecule is CCN(CC)C(=O)CN(C)C(=O)c1ccc(NC(N)=O)cc1. The lowest BCUT2D eigenvalue weighted by Gasteiger charge is -2.23. The van der Waals surface area contributed by atoms with Crippen molar-refractivity contribution < 1.29 is 14.4 Å². The van der Waals surface area contributed by atoms with Gasteiger partial charge in [0.05, 0.1) is 6.54 Å². The molecular formula is C15H22N4O3. The summed E-state index contributed by atoms with van der Waals surface area (Å²) in [4.78, 5) is 38.0. The first kappa shape index (κ1) is 17.5. The van der Waals surface area contributed by atoms with E-state index in [9.17, 15) is 14.4 Å². The summed E-state index contributed by atoms with van der Waals surface area (Å²) in [7, 11) is 1.58. The van der Waals surface area contributed by atoms with E-state index in [1.807, 2.05) is 13.8 Å². The number of rotatable bonds is 6. The van der Waals surface area contributed by atoms with Crippen LogP contribution in [0.2, 0.25) is 0 Å². The Labute approximate surface area is 130 Å². The van der Waals surface area contributed by atoms with Gasteiger partial charge in [-0.05, 0) is 38.1 Å². The quantitative estimate of drug-likeness (QED) is 0.824. The molecule has 0 fully saturated rings. The molecule has 0 aliphatic carbocycles. The summed E-state index contributed by atoms with van der Waals surface area (Å²) in [5.41, 5.74) is 5.95. The Kier molecular flexibility index (Phi) is 6.37. The van der Waals surface area contributed by atoms with Crippen LogP contribution in [-0.2, 0) is 4.79 Å². The number of benzene rings is 1. The minimum Gasteiger partial charge on any atom is -0.351 e. The van der Waals surface area contributed by atoms with Crippen LogP contribution in [0.25, 0.3) is 0 Å². The summed E-state index contributed by atoms with van der Waals surface area (Å²) in [5.74, 6) is -0.348. The number of likely N-dealkylation sites (N-methyl/N-ethyl adjacent to an activating group) is 2. The summed E-state index contributed by atoms with van der Waals surface area (Å²) in [5, 5.41) is 2.42. The predicted octanol–water partition coefficient (Wildman–Crippen LogP) is 1.12. The fourth-order valence-corrected chi connectivity index (χ4v) is 2.01.